The van der Waals surface area contributed by atoms with E-state index in [1.165, 1.54) is 11.8 Å². The Bertz CT molecular complexity index is 460. The van der Waals surface area contributed by atoms with Crippen LogP contribution < -0.4 is 0 Å². The number of phenolic OH excluding ortho intramolecular Hbond substituents is 2. The molecule has 2 nitrogen and oxygen atoms in total. The summed E-state index contributed by atoms with van der Waals surface area (Å²) in [4.78, 5) is 1.58. The average molecular weight is 246 g/mol. The molecule has 0 amide bonds. The molecule has 2 aromatic carbocycles. The lowest BCUT2D eigenvalue weighted by Crippen LogP contribution is -1.84. The van der Waals surface area contributed by atoms with Gasteiger partial charge in [-0.05, 0) is 37.1 Å². The fourth-order valence-corrected chi connectivity index (χ4v) is 2.65. The van der Waals surface area contributed by atoms with E-state index in [1.807, 2.05) is 38.1 Å². The second-order valence-electron chi connectivity index (χ2n) is 3.95. The van der Waals surface area contributed by atoms with Crippen LogP contribution in [0.3, 0.4) is 0 Å². The van der Waals surface area contributed by atoms with E-state index < -0.39 is 0 Å². The predicted molar refractivity (Wildman–Crippen MR) is 69.8 cm³/mol. The largest absolute Gasteiger partial charge is 0.507 e. The van der Waals surface area contributed by atoms with Crippen LogP contribution in [-0.2, 0) is 0 Å². The van der Waals surface area contributed by atoms with Crippen molar-refractivity contribution in [2.45, 2.75) is 23.6 Å². The summed E-state index contributed by atoms with van der Waals surface area (Å²) in [6.07, 6.45) is 0. The molecule has 0 aliphatic carbocycles. The van der Waals surface area contributed by atoms with E-state index in [0.717, 1.165) is 20.9 Å². The van der Waals surface area contributed by atoms with E-state index in [2.05, 4.69) is 0 Å². The van der Waals surface area contributed by atoms with Crippen LogP contribution in [-0.4, -0.2) is 10.2 Å². The topological polar surface area (TPSA) is 40.5 Å². The van der Waals surface area contributed by atoms with Crippen molar-refractivity contribution in [1.29, 1.82) is 0 Å². The van der Waals surface area contributed by atoms with Crippen LogP contribution in [0.15, 0.2) is 46.2 Å². The van der Waals surface area contributed by atoms with E-state index >= 15 is 0 Å². The third-order valence-electron chi connectivity index (χ3n) is 2.59. The second kappa shape index (κ2) is 4.72. The lowest BCUT2D eigenvalue weighted by molar-refractivity contribution is 0.459. The fourth-order valence-electron chi connectivity index (χ4n) is 1.64. The molecular weight excluding hydrogens is 232 g/mol. The molecule has 88 valence electrons. The Kier molecular flexibility index (Phi) is 3.29. The number of hydrogen-bond acceptors (Lipinski definition) is 3. The first-order chi connectivity index (χ1) is 8.09. The Balaban J connectivity index is 2.45. The van der Waals surface area contributed by atoms with Gasteiger partial charge in [0.15, 0.2) is 0 Å². The van der Waals surface area contributed by atoms with Gasteiger partial charge in [-0.15, -0.1) is 0 Å². The molecule has 0 radical (unpaired) electrons. The highest BCUT2D eigenvalue weighted by Gasteiger charge is 2.11. The molecule has 0 aliphatic rings. The Morgan fingerprint density at radius 2 is 1.18 bits per heavy atom. The Morgan fingerprint density at radius 1 is 0.765 bits per heavy atom. The van der Waals surface area contributed by atoms with Crippen LogP contribution in [0, 0.1) is 13.8 Å². The standard InChI is InChI=1S/C14H14O2S/c1-9-5-3-7-11(15)13(9)17-14-10(2)6-4-8-12(14)16/h3-8,15-16H,1-2H3. The van der Waals surface area contributed by atoms with Gasteiger partial charge < -0.3 is 10.2 Å². The maximum atomic E-state index is 9.83. The van der Waals surface area contributed by atoms with Gasteiger partial charge in [0.05, 0.1) is 9.79 Å². The van der Waals surface area contributed by atoms with E-state index in [0.29, 0.717) is 0 Å². The maximum Gasteiger partial charge on any atom is 0.129 e. The van der Waals surface area contributed by atoms with Gasteiger partial charge in [0.1, 0.15) is 11.5 Å². The van der Waals surface area contributed by atoms with E-state index in [4.69, 9.17) is 0 Å². The highest BCUT2D eigenvalue weighted by molar-refractivity contribution is 7.99. The number of aryl methyl sites for hydroxylation is 2. The molecule has 0 saturated heterocycles. The molecule has 2 N–H and O–H groups in total. The average Bonchev–Trinajstić information content (AvgIpc) is 2.27. The molecule has 0 fully saturated rings. The van der Waals surface area contributed by atoms with Gasteiger partial charge >= 0.3 is 0 Å². The number of aromatic hydroxyl groups is 2. The molecule has 2 rings (SSSR count). The smallest absolute Gasteiger partial charge is 0.129 e. The summed E-state index contributed by atoms with van der Waals surface area (Å²) in [6.45, 7) is 3.88. The number of hydrogen-bond donors (Lipinski definition) is 2. The Labute approximate surface area is 105 Å². The molecule has 3 heteroatoms. The fraction of sp³-hybridized carbons (Fsp3) is 0.143. The van der Waals surface area contributed by atoms with Crippen molar-refractivity contribution in [3.63, 3.8) is 0 Å². The lowest BCUT2D eigenvalue weighted by Gasteiger charge is -2.11. The van der Waals surface area contributed by atoms with Crippen molar-refractivity contribution < 1.29 is 10.2 Å². The molecule has 0 saturated carbocycles. The zero-order chi connectivity index (χ0) is 12.4. The van der Waals surface area contributed by atoms with Crippen molar-refractivity contribution in [2.24, 2.45) is 0 Å². The first kappa shape index (κ1) is 11.9. The van der Waals surface area contributed by atoms with Crippen molar-refractivity contribution in [3.8, 4) is 11.5 Å². The van der Waals surface area contributed by atoms with Crippen molar-refractivity contribution in [2.75, 3.05) is 0 Å². The first-order valence-electron chi connectivity index (χ1n) is 5.34. The minimum atomic E-state index is 0.248. The summed E-state index contributed by atoms with van der Waals surface area (Å²) in [5.74, 6) is 0.496. The van der Waals surface area contributed by atoms with E-state index in [9.17, 15) is 10.2 Å². The Morgan fingerprint density at radius 3 is 1.53 bits per heavy atom. The highest BCUT2D eigenvalue weighted by Crippen LogP contribution is 2.41. The van der Waals surface area contributed by atoms with Gasteiger partial charge in [0.25, 0.3) is 0 Å². The molecule has 2 aromatic rings. The predicted octanol–water partition coefficient (Wildman–Crippen LogP) is 3.87. The molecule has 0 heterocycles. The number of phenols is 2. The van der Waals surface area contributed by atoms with Crippen LogP contribution in [0.2, 0.25) is 0 Å². The molecule has 0 spiro atoms. The summed E-state index contributed by atoms with van der Waals surface area (Å²) < 4.78 is 0. The summed E-state index contributed by atoms with van der Waals surface area (Å²) in [6, 6.07) is 10.8. The van der Waals surface area contributed by atoms with Crippen LogP contribution in [0.1, 0.15) is 11.1 Å². The molecule has 0 bridgehead atoms. The van der Waals surface area contributed by atoms with Crippen molar-refractivity contribution >= 4 is 11.8 Å². The molecule has 0 atom stereocenters. The molecule has 0 aliphatic heterocycles. The van der Waals surface area contributed by atoms with Crippen LogP contribution in [0.25, 0.3) is 0 Å². The van der Waals surface area contributed by atoms with Gasteiger partial charge in [0.2, 0.25) is 0 Å². The minimum absolute atomic E-state index is 0.248. The third kappa shape index (κ3) is 2.39. The number of rotatable bonds is 2. The summed E-state index contributed by atoms with van der Waals surface area (Å²) in [5, 5.41) is 19.7. The second-order valence-corrected chi connectivity index (χ2v) is 4.97. The Hall–Kier alpha value is -1.61. The van der Waals surface area contributed by atoms with Gasteiger partial charge in [-0.1, -0.05) is 36.0 Å². The third-order valence-corrected chi connectivity index (χ3v) is 4.06. The highest BCUT2D eigenvalue weighted by atomic mass is 32.2. The summed E-state index contributed by atoms with van der Waals surface area (Å²) in [5.41, 5.74) is 2.00. The van der Waals surface area contributed by atoms with Crippen LogP contribution >= 0.6 is 11.8 Å². The van der Waals surface area contributed by atoms with Gasteiger partial charge in [0, 0.05) is 0 Å². The van der Waals surface area contributed by atoms with Crippen molar-refractivity contribution in [3.05, 3.63) is 47.5 Å². The number of benzene rings is 2. The zero-order valence-corrected chi connectivity index (χ0v) is 10.6. The molecule has 0 unspecified atom stereocenters. The first-order valence-corrected chi connectivity index (χ1v) is 6.16. The maximum absolute atomic E-state index is 9.83. The van der Waals surface area contributed by atoms with E-state index in [1.54, 1.807) is 12.1 Å². The lowest BCUT2D eigenvalue weighted by atomic mass is 10.2. The SMILES string of the molecule is Cc1cccc(O)c1Sc1c(C)cccc1O. The zero-order valence-electron chi connectivity index (χ0n) is 9.77. The quantitative estimate of drug-likeness (QED) is 0.845. The normalized spacial score (nSPS) is 10.5. The summed E-state index contributed by atoms with van der Waals surface area (Å²) in [7, 11) is 0. The van der Waals surface area contributed by atoms with Gasteiger partial charge in [-0.2, -0.15) is 0 Å². The van der Waals surface area contributed by atoms with Crippen molar-refractivity contribution in [1.82, 2.24) is 0 Å². The molecule has 0 aromatic heterocycles. The molecule has 17 heavy (non-hydrogen) atoms. The monoisotopic (exact) mass is 246 g/mol. The molecular formula is C14H14O2S. The summed E-state index contributed by atoms with van der Waals surface area (Å²) >= 11 is 1.39. The van der Waals surface area contributed by atoms with Crippen LogP contribution in [0.5, 0.6) is 11.5 Å². The van der Waals surface area contributed by atoms with E-state index in [-0.39, 0.29) is 11.5 Å². The van der Waals surface area contributed by atoms with Gasteiger partial charge in [-0.25, -0.2) is 0 Å². The minimum Gasteiger partial charge on any atom is -0.507 e. The van der Waals surface area contributed by atoms with Gasteiger partial charge in [-0.3, -0.25) is 0 Å². The van der Waals surface area contributed by atoms with Crippen LogP contribution in [0.4, 0.5) is 0 Å².